The third kappa shape index (κ3) is 67.7. The van der Waals surface area contributed by atoms with Gasteiger partial charge in [-0.25, -0.2) is 0 Å². The highest BCUT2D eigenvalue weighted by Crippen LogP contribution is 2.20. The minimum atomic E-state index is -0.661. The zero-order chi connectivity index (χ0) is 59.2. The summed E-state index contributed by atoms with van der Waals surface area (Å²) < 4.78 is 5.51. The van der Waals surface area contributed by atoms with Crippen molar-refractivity contribution in [1.82, 2.24) is 5.32 Å². The second-order valence-electron chi connectivity index (χ2n) is 26.3. The fraction of sp³-hybridized carbons (Fsp3) is 0.947. The van der Waals surface area contributed by atoms with Crippen LogP contribution in [0.1, 0.15) is 438 Å². The third-order valence-corrected chi connectivity index (χ3v) is 18.1. The van der Waals surface area contributed by atoms with Crippen molar-refractivity contribution in [2.45, 2.75) is 450 Å². The van der Waals surface area contributed by atoms with E-state index in [0.29, 0.717) is 25.9 Å². The van der Waals surface area contributed by atoms with Crippen molar-refractivity contribution >= 4 is 11.9 Å². The molecule has 488 valence electrons. The lowest BCUT2D eigenvalue weighted by Gasteiger charge is -2.22. The minimum Gasteiger partial charge on any atom is -0.466 e. The summed E-state index contributed by atoms with van der Waals surface area (Å²) in [6.45, 7) is 5.01. The molecule has 0 saturated carbocycles. The molecule has 2 atom stereocenters. The van der Waals surface area contributed by atoms with Gasteiger partial charge in [-0.3, -0.25) is 9.59 Å². The number of nitrogens with one attached hydrogen (secondary N) is 1. The zero-order valence-electron chi connectivity index (χ0n) is 56.0. The maximum Gasteiger partial charge on any atom is 0.305 e. The van der Waals surface area contributed by atoms with Gasteiger partial charge < -0.3 is 20.3 Å². The SMILES string of the molecule is CCCCCCCCCCCCCCCCCCC(=O)OCCCCCCCCCCCCCC/C=C\CCCCCCCCCCCCCCCCCCCC(=O)NC(CO)C(O)CCCCCCCCCCCCCCCCCC. The molecule has 0 bridgehead atoms. The van der Waals surface area contributed by atoms with Gasteiger partial charge in [-0.1, -0.05) is 386 Å². The summed E-state index contributed by atoms with van der Waals surface area (Å²) in [6.07, 6.45) is 90.0. The average Bonchev–Trinajstić information content (AvgIpc) is 3.48. The predicted octanol–water partition coefficient (Wildman–Crippen LogP) is 24.7. The molecular formula is C76H149NO5. The van der Waals surface area contributed by atoms with E-state index in [9.17, 15) is 19.8 Å². The Labute approximate surface area is 514 Å². The first-order chi connectivity index (χ1) is 40.5. The molecule has 82 heavy (non-hydrogen) atoms. The topological polar surface area (TPSA) is 95.9 Å². The molecular weight excluding hydrogens is 1010 g/mol. The standard InChI is InChI=1S/C76H149NO5/c1-3-5-7-9-11-13-15-17-19-40-44-48-52-56-60-64-68-74(79)73(72-78)77-75(80)69-65-61-57-53-49-45-41-38-36-34-32-30-28-26-24-22-21-23-25-27-29-31-33-35-37-39-43-47-51-55-59-63-67-71-82-76(81)70-66-62-58-54-50-46-42-20-18-16-14-12-10-8-6-4-2/h25,27,73-74,78-79H,3-24,26,28-72H2,1-2H3,(H,77,80)/b27-25-. The van der Waals surface area contributed by atoms with Crippen LogP contribution in [0.5, 0.6) is 0 Å². The number of hydrogen-bond acceptors (Lipinski definition) is 5. The van der Waals surface area contributed by atoms with E-state index in [2.05, 4.69) is 31.3 Å². The number of rotatable bonds is 72. The Morgan fingerprint density at radius 3 is 0.866 bits per heavy atom. The number of allylic oxidation sites excluding steroid dienone is 2. The van der Waals surface area contributed by atoms with E-state index in [0.717, 1.165) is 38.5 Å². The molecule has 0 aliphatic rings. The highest BCUT2D eigenvalue weighted by molar-refractivity contribution is 5.76. The van der Waals surface area contributed by atoms with Crippen LogP contribution in [0, 0.1) is 0 Å². The first-order valence-electron chi connectivity index (χ1n) is 37.9. The molecule has 0 fully saturated rings. The fourth-order valence-corrected chi connectivity index (χ4v) is 12.3. The van der Waals surface area contributed by atoms with E-state index in [1.165, 1.54) is 366 Å². The molecule has 0 aliphatic carbocycles. The zero-order valence-corrected chi connectivity index (χ0v) is 56.0. The molecule has 6 heteroatoms. The Bertz CT molecular complexity index is 1240. The summed E-state index contributed by atoms with van der Waals surface area (Å²) in [5, 5.41) is 23.4. The van der Waals surface area contributed by atoms with Crippen molar-refractivity contribution in [3.8, 4) is 0 Å². The minimum absolute atomic E-state index is 0.0233. The highest BCUT2D eigenvalue weighted by atomic mass is 16.5. The van der Waals surface area contributed by atoms with Crippen LogP contribution >= 0.6 is 0 Å². The van der Waals surface area contributed by atoms with Gasteiger partial charge in [-0.2, -0.15) is 0 Å². The molecule has 2 unspecified atom stereocenters. The van der Waals surface area contributed by atoms with E-state index >= 15 is 0 Å². The van der Waals surface area contributed by atoms with Crippen molar-refractivity contribution in [2.24, 2.45) is 0 Å². The lowest BCUT2D eigenvalue weighted by molar-refractivity contribution is -0.143. The van der Waals surface area contributed by atoms with Crippen LogP contribution in [-0.2, 0) is 14.3 Å². The molecule has 0 aromatic rings. The van der Waals surface area contributed by atoms with E-state index in [4.69, 9.17) is 4.74 Å². The molecule has 0 rings (SSSR count). The summed E-state index contributed by atoms with van der Waals surface area (Å²) in [7, 11) is 0. The van der Waals surface area contributed by atoms with Gasteiger partial charge in [0.15, 0.2) is 0 Å². The first-order valence-corrected chi connectivity index (χ1v) is 37.9. The number of carbonyl (C=O) groups excluding carboxylic acids is 2. The summed E-state index contributed by atoms with van der Waals surface area (Å²) in [5.74, 6) is -0.00453. The number of carbonyl (C=O) groups is 2. The number of aliphatic hydroxyl groups excluding tert-OH is 2. The third-order valence-electron chi connectivity index (χ3n) is 18.1. The smallest absolute Gasteiger partial charge is 0.305 e. The average molecular weight is 1160 g/mol. The largest absolute Gasteiger partial charge is 0.466 e. The summed E-state index contributed by atoms with van der Waals surface area (Å²) >= 11 is 0. The van der Waals surface area contributed by atoms with Gasteiger partial charge in [0.2, 0.25) is 5.91 Å². The van der Waals surface area contributed by atoms with Crippen LogP contribution in [0.2, 0.25) is 0 Å². The predicted molar refractivity (Wildman–Crippen MR) is 361 cm³/mol. The maximum absolute atomic E-state index is 12.5. The fourth-order valence-electron chi connectivity index (χ4n) is 12.3. The van der Waals surface area contributed by atoms with E-state index < -0.39 is 12.1 Å². The van der Waals surface area contributed by atoms with Gasteiger partial charge in [-0.05, 0) is 51.4 Å². The van der Waals surface area contributed by atoms with Crippen molar-refractivity contribution in [1.29, 1.82) is 0 Å². The molecule has 0 radical (unpaired) electrons. The van der Waals surface area contributed by atoms with Crippen LogP contribution in [-0.4, -0.2) is 47.4 Å². The molecule has 0 heterocycles. The van der Waals surface area contributed by atoms with Gasteiger partial charge in [-0.15, -0.1) is 0 Å². The molecule has 0 saturated heterocycles. The second kappa shape index (κ2) is 72.1. The van der Waals surface area contributed by atoms with Gasteiger partial charge in [0, 0.05) is 12.8 Å². The molecule has 0 aromatic heterocycles. The lowest BCUT2D eigenvalue weighted by Crippen LogP contribution is -2.45. The van der Waals surface area contributed by atoms with Gasteiger partial charge in [0.1, 0.15) is 0 Å². The number of ether oxygens (including phenoxy) is 1. The van der Waals surface area contributed by atoms with Gasteiger partial charge in [0.05, 0.1) is 25.4 Å². The number of esters is 1. The Hall–Kier alpha value is -1.40. The first kappa shape index (κ1) is 80.6. The van der Waals surface area contributed by atoms with Gasteiger partial charge >= 0.3 is 5.97 Å². The Kier molecular flexibility index (Phi) is 70.8. The lowest BCUT2D eigenvalue weighted by atomic mass is 10.0. The van der Waals surface area contributed by atoms with E-state index in [1.54, 1.807) is 0 Å². The number of hydrogen-bond donors (Lipinski definition) is 3. The van der Waals surface area contributed by atoms with Gasteiger partial charge in [0.25, 0.3) is 0 Å². The van der Waals surface area contributed by atoms with E-state index in [-0.39, 0.29) is 18.5 Å². The molecule has 3 N–H and O–H groups in total. The van der Waals surface area contributed by atoms with Crippen LogP contribution < -0.4 is 5.32 Å². The summed E-state index contributed by atoms with van der Waals surface area (Å²) in [5.41, 5.74) is 0. The Morgan fingerprint density at radius 1 is 0.329 bits per heavy atom. The van der Waals surface area contributed by atoms with Crippen molar-refractivity contribution < 1.29 is 24.5 Å². The summed E-state index contributed by atoms with van der Waals surface area (Å²) in [4.78, 5) is 24.6. The monoisotopic (exact) mass is 1160 g/mol. The molecule has 1 amide bonds. The second-order valence-corrected chi connectivity index (χ2v) is 26.3. The molecule has 6 nitrogen and oxygen atoms in total. The normalized spacial score (nSPS) is 12.5. The van der Waals surface area contributed by atoms with Crippen LogP contribution in [0.4, 0.5) is 0 Å². The van der Waals surface area contributed by atoms with Crippen LogP contribution in [0.25, 0.3) is 0 Å². The number of unbranched alkanes of at least 4 members (excludes halogenated alkanes) is 59. The Balaban J connectivity index is 3.33. The quantitative estimate of drug-likeness (QED) is 0.0320. The van der Waals surface area contributed by atoms with Crippen molar-refractivity contribution in [3.05, 3.63) is 12.2 Å². The van der Waals surface area contributed by atoms with Crippen LogP contribution in [0.15, 0.2) is 12.2 Å². The molecule has 0 aromatic carbocycles. The highest BCUT2D eigenvalue weighted by Gasteiger charge is 2.20. The molecule has 0 spiro atoms. The van der Waals surface area contributed by atoms with Crippen LogP contribution in [0.3, 0.4) is 0 Å². The Morgan fingerprint density at radius 2 is 0.573 bits per heavy atom. The van der Waals surface area contributed by atoms with E-state index in [1.807, 2.05) is 0 Å². The van der Waals surface area contributed by atoms with Crippen molar-refractivity contribution in [2.75, 3.05) is 13.2 Å². The maximum atomic E-state index is 12.5. The summed E-state index contributed by atoms with van der Waals surface area (Å²) in [6, 6.07) is -0.538. The number of aliphatic hydroxyl groups is 2. The molecule has 0 aliphatic heterocycles. The number of amides is 1. The van der Waals surface area contributed by atoms with Crippen molar-refractivity contribution in [3.63, 3.8) is 0 Å².